The number of hydrogen-bond donors (Lipinski definition) is 1. The summed E-state index contributed by atoms with van der Waals surface area (Å²) in [5, 5.41) is 3.16. The predicted molar refractivity (Wildman–Crippen MR) is 49.9 cm³/mol. The summed E-state index contributed by atoms with van der Waals surface area (Å²) in [6.45, 7) is 1.76. The van der Waals surface area contributed by atoms with Gasteiger partial charge in [0.2, 0.25) is 0 Å². The molecule has 0 aliphatic carbocycles. The molecule has 11 heavy (non-hydrogen) atoms. The molecule has 0 spiro atoms. The van der Waals surface area contributed by atoms with E-state index in [1.54, 1.807) is 6.26 Å². The molecule has 64 valence electrons. The van der Waals surface area contributed by atoms with Crippen molar-refractivity contribution in [2.75, 3.05) is 25.1 Å². The summed E-state index contributed by atoms with van der Waals surface area (Å²) in [6, 6.07) is 0. The van der Waals surface area contributed by atoms with Gasteiger partial charge in [-0.25, -0.2) is 0 Å². The molecular weight excluding hydrogens is 158 g/mol. The standard InChI is InChI=1S/C8H15NOS/c1-3-4-5-6-9-7-8-11(2)10/h1,9H,4-8H2,2H3. The molecular formula is C8H15NOS. The molecule has 0 amide bonds. The van der Waals surface area contributed by atoms with Crippen LogP contribution in [0.1, 0.15) is 12.8 Å². The fourth-order valence-electron chi connectivity index (χ4n) is 0.656. The summed E-state index contributed by atoms with van der Waals surface area (Å²) in [5.74, 6) is 3.30. The van der Waals surface area contributed by atoms with Crippen molar-refractivity contribution >= 4 is 10.8 Å². The van der Waals surface area contributed by atoms with E-state index >= 15 is 0 Å². The van der Waals surface area contributed by atoms with Crippen molar-refractivity contribution < 1.29 is 4.21 Å². The van der Waals surface area contributed by atoms with E-state index in [1.807, 2.05) is 0 Å². The number of unbranched alkanes of at least 4 members (excludes halogenated alkanes) is 1. The largest absolute Gasteiger partial charge is 0.316 e. The van der Waals surface area contributed by atoms with Gasteiger partial charge in [-0.2, -0.15) is 0 Å². The first-order chi connectivity index (χ1) is 5.27. The third-order valence-electron chi connectivity index (χ3n) is 1.24. The molecule has 0 saturated carbocycles. The van der Waals surface area contributed by atoms with Crippen molar-refractivity contribution in [3.63, 3.8) is 0 Å². The van der Waals surface area contributed by atoms with E-state index in [0.717, 1.165) is 31.7 Å². The zero-order valence-electron chi connectivity index (χ0n) is 6.93. The van der Waals surface area contributed by atoms with Crippen LogP contribution in [0.25, 0.3) is 0 Å². The maximum absolute atomic E-state index is 10.6. The summed E-state index contributed by atoms with van der Waals surface area (Å²) in [5.41, 5.74) is 0. The first kappa shape index (κ1) is 10.7. The van der Waals surface area contributed by atoms with Crippen molar-refractivity contribution in [1.29, 1.82) is 0 Å². The topological polar surface area (TPSA) is 29.1 Å². The van der Waals surface area contributed by atoms with Crippen molar-refractivity contribution in [2.24, 2.45) is 0 Å². The fraction of sp³-hybridized carbons (Fsp3) is 0.750. The highest BCUT2D eigenvalue weighted by Crippen LogP contribution is 1.82. The van der Waals surface area contributed by atoms with Gasteiger partial charge in [-0.3, -0.25) is 4.21 Å². The van der Waals surface area contributed by atoms with E-state index in [1.165, 1.54) is 0 Å². The van der Waals surface area contributed by atoms with Crippen LogP contribution in [0.2, 0.25) is 0 Å². The first-order valence-corrected chi connectivity index (χ1v) is 5.44. The van der Waals surface area contributed by atoms with Crippen LogP contribution in [0.4, 0.5) is 0 Å². The smallest absolute Gasteiger partial charge is 0.0357 e. The highest BCUT2D eigenvalue weighted by Gasteiger charge is 1.89. The van der Waals surface area contributed by atoms with Gasteiger partial charge in [-0.1, -0.05) is 0 Å². The molecule has 0 aliphatic rings. The Kier molecular flexibility index (Phi) is 7.54. The average Bonchev–Trinajstić information content (AvgIpc) is 1.96. The Bertz CT molecular complexity index is 151. The van der Waals surface area contributed by atoms with Gasteiger partial charge >= 0.3 is 0 Å². The number of hydrogen-bond acceptors (Lipinski definition) is 2. The van der Waals surface area contributed by atoms with E-state index < -0.39 is 10.8 Å². The van der Waals surface area contributed by atoms with Crippen LogP contribution in [-0.2, 0) is 10.8 Å². The molecule has 2 nitrogen and oxygen atoms in total. The molecule has 0 fully saturated rings. The highest BCUT2D eigenvalue weighted by atomic mass is 32.2. The van der Waals surface area contributed by atoms with Crippen molar-refractivity contribution in [3.8, 4) is 12.3 Å². The van der Waals surface area contributed by atoms with E-state index in [2.05, 4.69) is 11.2 Å². The highest BCUT2D eigenvalue weighted by molar-refractivity contribution is 7.84. The second-order valence-electron chi connectivity index (χ2n) is 2.33. The van der Waals surface area contributed by atoms with E-state index in [4.69, 9.17) is 6.42 Å². The van der Waals surface area contributed by atoms with Crippen molar-refractivity contribution in [2.45, 2.75) is 12.8 Å². The molecule has 0 aromatic heterocycles. The van der Waals surface area contributed by atoms with Crippen molar-refractivity contribution in [1.82, 2.24) is 5.32 Å². The summed E-state index contributed by atoms with van der Waals surface area (Å²) in [7, 11) is -0.676. The predicted octanol–water partition coefficient (Wildman–Crippen LogP) is 0.368. The molecule has 1 atom stereocenters. The number of nitrogens with one attached hydrogen (secondary N) is 1. The lowest BCUT2D eigenvalue weighted by atomic mass is 10.3. The van der Waals surface area contributed by atoms with E-state index in [0.29, 0.717) is 0 Å². The minimum Gasteiger partial charge on any atom is -0.316 e. The van der Waals surface area contributed by atoms with Gasteiger partial charge in [0, 0.05) is 35.8 Å². The second kappa shape index (κ2) is 7.77. The molecule has 0 bridgehead atoms. The monoisotopic (exact) mass is 173 g/mol. The summed E-state index contributed by atoms with van der Waals surface area (Å²) in [6.07, 6.45) is 8.60. The molecule has 0 saturated heterocycles. The fourth-order valence-corrected chi connectivity index (χ4v) is 1.09. The molecule has 0 aliphatic heterocycles. The second-order valence-corrected chi connectivity index (χ2v) is 3.89. The molecule has 0 aromatic rings. The average molecular weight is 173 g/mol. The minimum absolute atomic E-state index is 0.676. The van der Waals surface area contributed by atoms with Crippen LogP contribution < -0.4 is 5.32 Å². The Labute approximate surface area is 71.2 Å². The quantitative estimate of drug-likeness (QED) is 0.464. The first-order valence-electron chi connectivity index (χ1n) is 3.71. The van der Waals surface area contributed by atoms with Crippen LogP contribution in [0, 0.1) is 12.3 Å². The minimum atomic E-state index is -0.676. The molecule has 0 aromatic carbocycles. The lowest BCUT2D eigenvalue weighted by Crippen LogP contribution is -2.21. The van der Waals surface area contributed by atoms with Crippen LogP contribution in [0.5, 0.6) is 0 Å². The lowest BCUT2D eigenvalue weighted by Gasteiger charge is -1.99. The molecule has 1 N–H and O–H groups in total. The summed E-state index contributed by atoms with van der Waals surface area (Å²) in [4.78, 5) is 0. The van der Waals surface area contributed by atoms with Gasteiger partial charge in [-0.05, 0) is 13.0 Å². The van der Waals surface area contributed by atoms with Gasteiger partial charge in [0.1, 0.15) is 0 Å². The molecule has 0 heterocycles. The van der Waals surface area contributed by atoms with Gasteiger partial charge in [-0.15, -0.1) is 12.3 Å². The van der Waals surface area contributed by atoms with Gasteiger partial charge in [0.05, 0.1) is 0 Å². The van der Waals surface area contributed by atoms with Crippen LogP contribution in [0.3, 0.4) is 0 Å². The summed E-state index contributed by atoms with van der Waals surface area (Å²) < 4.78 is 10.6. The van der Waals surface area contributed by atoms with E-state index in [9.17, 15) is 4.21 Å². The third-order valence-corrected chi connectivity index (χ3v) is 2.02. The van der Waals surface area contributed by atoms with Crippen LogP contribution in [0.15, 0.2) is 0 Å². The molecule has 0 radical (unpaired) electrons. The molecule has 0 rings (SSSR count). The van der Waals surface area contributed by atoms with Crippen molar-refractivity contribution in [3.05, 3.63) is 0 Å². The Morgan fingerprint density at radius 2 is 2.27 bits per heavy atom. The van der Waals surface area contributed by atoms with Crippen LogP contribution >= 0.6 is 0 Å². The maximum Gasteiger partial charge on any atom is 0.0357 e. The third kappa shape index (κ3) is 9.67. The molecule has 3 heteroatoms. The Morgan fingerprint density at radius 3 is 2.82 bits per heavy atom. The SMILES string of the molecule is C#CCCCNCCS(C)=O. The Hall–Kier alpha value is -0.330. The van der Waals surface area contributed by atoms with E-state index in [-0.39, 0.29) is 0 Å². The molecule has 1 unspecified atom stereocenters. The normalized spacial score (nSPS) is 12.4. The zero-order valence-corrected chi connectivity index (χ0v) is 7.75. The zero-order chi connectivity index (χ0) is 8.53. The van der Waals surface area contributed by atoms with Crippen LogP contribution in [-0.4, -0.2) is 29.3 Å². The summed E-state index contributed by atoms with van der Waals surface area (Å²) >= 11 is 0. The maximum atomic E-state index is 10.6. The van der Waals surface area contributed by atoms with Gasteiger partial charge < -0.3 is 5.32 Å². The van der Waals surface area contributed by atoms with Gasteiger partial charge in [0.15, 0.2) is 0 Å². The Balaban J connectivity index is 2.92. The number of terminal acetylenes is 1. The lowest BCUT2D eigenvalue weighted by molar-refractivity contribution is 0.666. The number of rotatable bonds is 6. The van der Waals surface area contributed by atoms with Gasteiger partial charge in [0.25, 0.3) is 0 Å². The Morgan fingerprint density at radius 1 is 1.55 bits per heavy atom.